The zero-order valence-electron chi connectivity index (χ0n) is 13.3. The zero-order chi connectivity index (χ0) is 16.8. The van der Waals surface area contributed by atoms with Gasteiger partial charge in [-0.05, 0) is 37.6 Å². The Bertz CT molecular complexity index is 738. The molecule has 0 aliphatic carbocycles. The minimum Gasteiger partial charge on any atom is -0.351 e. The fourth-order valence-corrected chi connectivity index (χ4v) is 2.33. The maximum atomic E-state index is 12.2. The zero-order valence-corrected chi connectivity index (χ0v) is 14.1. The van der Waals surface area contributed by atoms with E-state index < -0.39 is 5.91 Å². The minimum absolute atomic E-state index is 0.0953. The van der Waals surface area contributed by atoms with Crippen LogP contribution in [0.3, 0.4) is 0 Å². The molecule has 0 unspecified atom stereocenters. The molecule has 0 saturated carbocycles. The summed E-state index contributed by atoms with van der Waals surface area (Å²) in [5.74, 6) is -0.436. The molecule has 1 heterocycles. The van der Waals surface area contributed by atoms with Crippen LogP contribution in [0.4, 0.5) is 0 Å². The molecule has 1 aromatic heterocycles. The second kappa shape index (κ2) is 7.92. The first-order chi connectivity index (χ1) is 11.0. The number of unbranched alkanes of at least 4 members (excludes halogenated alkanes) is 2. The van der Waals surface area contributed by atoms with Crippen molar-refractivity contribution in [3.05, 3.63) is 57.0 Å². The largest absolute Gasteiger partial charge is 0.351 e. The lowest BCUT2D eigenvalue weighted by Gasteiger charge is -2.11. The van der Waals surface area contributed by atoms with Crippen LogP contribution in [0, 0.1) is 6.92 Å². The predicted octanol–water partition coefficient (Wildman–Crippen LogP) is 3.11. The van der Waals surface area contributed by atoms with Crippen LogP contribution in [0.25, 0.3) is 5.69 Å². The summed E-state index contributed by atoms with van der Waals surface area (Å²) in [5, 5.41) is 7.58. The number of amides is 1. The molecule has 5 nitrogen and oxygen atoms in total. The number of carbonyl (C=O) groups is 1. The number of halogens is 1. The first-order valence-electron chi connectivity index (χ1n) is 7.68. The van der Waals surface area contributed by atoms with Crippen molar-refractivity contribution in [2.24, 2.45) is 0 Å². The lowest BCUT2D eigenvalue weighted by Crippen LogP contribution is -2.32. The molecule has 1 N–H and O–H groups in total. The average Bonchev–Trinajstić information content (AvgIpc) is 2.52. The summed E-state index contributed by atoms with van der Waals surface area (Å²) in [6, 6.07) is 8.47. The number of aryl methyl sites for hydroxylation is 1. The maximum absolute atomic E-state index is 12.2. The molecule has 0 spiro atoms. The Kier molecular flexibility index (Phi) is 5.93. The van der Waals surface area contributed by atoms with Crippen LogP contribution >= 0.6 is 11.6 Å². The maximum Gasteiger partial charge on any atom is 0.275 e. The molecule has 0 bridgehead atoms. The molecule has 0 saturated heterocycles. The van der Waals surface area contributed by atoms with E-state index in [1.54, 1.807) is 35.9 Å². The highest BCUT2D eigenvalue weighted by molar-refractivity contribution is 6.30. The third-order valence-electron chi connectivity index (χ3n) is 3.46. The summed E-state index contributed by atoms with van der Waals surface area (Å²) >= 11 is 5.88. The second-order valence-corrected chi connectivity index (χ2v) is 5.79. The van der Waals surface area contributed by atoms with Crippen molar-refractivity contribution in [3.8, 4) is 5.69 Å². The van der Waals surface area contributed by atoms with Crippen LogP contribution < -0.4 is 10.7 Å². The fraction of sp³-hybridized carbons (Fsp3) is 0.353. The first-order valence-corrected chi connectivity index (χ1v) is 8.06. The van der Waals surface area contributed by atoms with Crippen LogP contribution in [-0.4, -0.2) is 22.2 Å². The highest BCUT2D eigenvalue weighted by Gasteiger charge is 2.14. The van der Waals surface area contributed by atoms with Crippen molar-refractivity contribution in [2.75, 3.05) is 6.54 Å². The number of benzene rings is 1. The van der Waals surface area contributed by atoms with Crippen LogP contribution in [0.15, 0.2) is 35.1 Å². The van der Waals surface area contributed by atoms with Crippen molar-refractivity contribution >= 4 is 17.5 Å². The summed E-state index contributed by atoms with van der Waals surface area (Å²) in [4.78, 5) is 24.2. The molecule has 0 aliphatic heterocycles. The van der Waals surface area contributed by atoms with E-state index in [1.165, 1.54) is 6.07 Å². The van der Waals surface area contributed by atoms with Gasteiger partial charge in [0.1, 0.15) is 0 Å². The molecule has 23 heavy (non-hydrogen) atoms. The normalized spacial score (nSPS) is 10.6. The molecule has 2 rings (SSSR count). The first kappa shape index (κ1) is 17.2. The SMILES string of the molecule is CCCCCNC(=O)c1nn(-c2ccc(Cl)cc2)c(C)cc1=O. The van der Waals surface area contributed by atoms with Crippen molar-refractivity contribution in [2.45, 2.75) is 33.1 Å². The number of nitrogens with one attached hydrogen (secondary N) is 1. The van der Waals surface area contributed by atoms with E-state index in [0.717, 1.165) is 24.9 Å². The standard InChI is InChI=1S/C17H20ClN3O2/c1-3-4-5-10-19-17(23)16-15(22)11-12(2)21(20-16)14-8-6-13(18)7-9-14/h6-9,11H,3-5,10H2,1-2H3,(H,19,23). The second-order valence-electron chi connectivity index (χ2n) is 5.35. The molecule has 2 aromatic rings. The number of hydrogen-bond donors (Lipinski definition) is 1. The molecule has 1 amide bonds. The van der Waals surface area contributed by atoms with Crippen molar-refractivity contribution in [1.82, 2.24) is 15.1 Å². The fourth-order valence-electron chi connectivity index (χ4n) is 2.21. The van der Waals surface area contributed by atoms with Gasteiger partial charge in [0.25, 0.3) is 5.91 Å². The van der Waals surface area contributed by atoms with E-state index in [0.29, 0.717) is 17.3 Å². The molecule has 0 atom stereocenters. The number of hydrogen-bond acceptors (Lipinski definition) is 3. The van der Waals surface area contributed by atoms with E-state index in [1.807, 2.05) is 0 Å². The van der Waals surface area contributed by atoms with Crippen LogP contribution in [0.2, 0.25) is 5.02 Å². The smallest absolute Gasteiger partial charge is 0.275 e. The topological polar surface area (TPSA) is 64.0 Å². The number of nitrogens with zero attached hydrogens (tertiary/aromatic N) is 2. The quantitative estimate of drug-likeness (QED) is 0.826. The molecule has 0 aliphatic rings. The van der Waals surface area contributed by atoms with Gasteiger partial charge in [0.2, 0.25) is 5.43 Å². The Morgan fingerprint density at radius 2 is 1.96 bits per heavy atom. The molecule has 0 fully saturated rings. The van der Waals surface area contributed by atoms with Gasteiger partial charge in [0.05, 0.1) is 5.69 Å². The summed E-state index contributed by atoms with van der Waals surface area (Å²) in [6.07, 6.45) is 3.00. The van der Waals surface area contributed by atoms with Gasteiger partial charge in [-0.3, -0.25) is 9.59 Å². The van der Waals surface area contributed by atoms with Gasteiger partial charge in [0.15, 0.2) is 5.69 Å². The summed E-state index contributed by atoms with van der Waals surface area (Å²) in [7, 11) is 0. The molecule has 6 heteroatoms. The van der Waals surface area contributed by atoms with Crippen LogP contribution in [0.1, 0.15) is 42.4 Å². The molecule has 0 radical (unpaired) electrons. The minimum atomic E-state index is -0.436. The van der Waals surface area contributed by atoms with Crippen LogP contribution in [0.5, 0.6) is 0 Å². The highest BCUT2D eigenvalue weighted by Crippen LogP contribution is 2.13. The summed E-state index contributed by atoms with van der Waals surface area (Å²) in [5.41, 5.74) is 0.926. The van der Waals surface area contributed by atoms with Gasteiger partial charge >= 0.3 is 0 Å². The van der Waals surface area contributed by atoms with E-state index >= 15 is 0 Å². The number of aromatic nitrogens is 2. The molecule has 122 valence electrons. The van der Waals surface area contributed by atoms with E-state index in [-0.39, 0.29) is 11.1 Å². The van der Waals surface area contributed by atoms with E-state index in [4.69, 9.17) is 11.6 Å². The lowest BCUT2D eigenvalue weighted by molar-refractivity contribution is 0.0945. The summed E-state index contributed by atoms with van der Waals surface area (Å²) in [6.45, 7) is 4.41. The lowest BCUT2D eigenvalue weighted by atomic mass is 10.2. The average molecular weight is 334 g/mol. The van der Waals surface area contributed by atoms with Gasteiger partial charge in [0, 0.05) is 23.3 Å². The monoisotopic (exact) mass is 333 g/mol. The Balaban J connectivity index is 2.27. The third-order valence-corrected chi connectivity index (χ3v) is 3.71. The van der Waals surface area contributed by atoms with Gasteiger partial charge < -0.3 is 5.32 Å². The number of carbonyl (C=O) groups excluding carboxylic acids is 1. The predicted molar refractivity (Wildman–Crippen MR) is 91.4 cm³/mol. The van der Waals surface area contributed by atoms with Crippen molar-refractivity contribution in [3.63, 3.8) is 0 Å². The molecular formula is C17H20ClN3O2. The molecular weight excluding hydrogens is 314 g/mol. The van der Waals surface area contributed by atoms with Crippen LogP contribution in [-0.2, 0) is 0 Å². The van der Waals surface area contributed by atoms with Gasteiger partial charge in [-0.25, -0.2) is 4.68 Å². The number of rotatable bonds is 6. The third kappa shape index (κ3) is 4.42. The Morgan fingerprint density at radius 3 is 2.61 bits per heavy atom. The van der Waals surface area contributed by atoms with E-state index in [2.05, 4.69) is 17.3 Å². The van der Waals surface area contributed by atoms with Crippen molar-refractivity contribution in [1.29, 1.82) is 0 Å². The van der Waals surface area contributed by atoms with E-state index in [9.17, 15) is 9.59 Å². The summed E-state index contributed by atoms with van der Waals surface area (Å²) < 4.78 is 1.57. The Hall–Kier alpha value is -2.14. The van der Waals surface area contributed by atoms with Gasteiger partial charge in [-0.15, -0.1) is 0 Å². The highest BCUT2D eigenvalue weighted by atomic mass is 35.5. The van der Waals surface area contributed by atoms with Gasteiger partial charge in [-0.2, -0.15) is 5.10 Å². The molecule has 1 aromatic carbocycles. The Labute approximate surface area is 140 Å². The van der Waals surface area contributed by atoms with Gasteiger partial charge in [-0.1, -0.05) is 31.4 Å². The van der Waals surface area contributed by atoms with Crippen molar-refractivity contribution < 1.29 is 4.79 Å². The Morgan fingerprint density at radius 1 is 1.26 bits per heavy atom.